The van der Waals surface area contributed by atoms with Gasteiger partial charge in [0.05, 0.1) is 23.0 Å². The largest absolute Gasteiger partial charge is 0.444 e. The van der Waals surface area contributed by atoms with Crippen LogP contribution in [0, 0.1) is 22.6 Å². The zero-order valence-corrected chi connectivity index (χ0v) is 21.8. The van der Waals surface area contributed by atoms with Crippen molar-refractivity contribution in [3.63, 3.8) is 0 Å². The van der Waals surface area contributed by atoms with Gasteiger partial charge in [-0.15, -0.1) is 0 Å². The number of nitrogens with zero attached hydrogens (tertiary/aromatic N) is 5. The van der Waals surface area contributed by atoms with Crippen molar-refractivity contribution in [3.05, 3.63) is 71.7 Å². The fourth-order valence-corrected chi connectivity index (χ4v) is 5.21. The number of hydrogen-bond donors (Lipinski definition) is 0. The number of carbonyl (C=O) groups is 2. The first kappa shape index (κ1) is 25.5. The van der Waals surface area contributed by atoms with Crippen molar-refractivity contribution in [2.75, 3.05) is 26.2 Å². The summed E-state index contributed by atoms with van der Waals surface area (Å²) in [7, 11) is 0. The molecule has 0 bridgehead atoms. The average Bonchev–Trinajstić information content (AvgIpc) is 3.31. The first-order chi connectivity index (χ1) is 18.1. The van der Waals surface area contributed by atoms with E-state index in [2.05, 4.69) is 11.2 Å². The number of amides is 2. The molecule has 1 aromatic heterocycles. The van der Waals surface area contributed by atoms with Gasteiger partial charge in [0, 0.05) is 37.2 Å². The molecule has 2 aliphatic rings. The lowest BCUT2D eigenvalue weighted by molar-refractivity contribution is -0.0593. The van der Waals surface area contributed by atoms with Crippen molar-refractivity contribution in [2.45, 2.75) is 39.2 Å². The van der Waals surface area contributed by atoms with Gasteiger partial charge in [0.2, 0.25) is 0 Å². The number of likely N-dealkylation sites (tertiary alicyclic amines) is 2. The summed E-state index contributed by atoms with van der Waals surface area (Å²) in [5.41, 5.74) is 2.15. The standard InChI is InChI=1S/C29H30FN5O3/c1-28(2,3)38-27(37)34-18-29(19-34)13-4-14-33(17-29)26(36)24-15-25(21-7-9-22(30)10-8-21)35(32-24)23-11-5-20(16-31)6-12-23/h5-12,15H,4,13-14,17-19H2,1-3H3. The highest BCUT2D eigenvalue weighted by molar-refractivity contribution is 5.94. The quantitative estimate of drug-likeness (QED) is 0.488. The van der Waals surface area contributed by atoms with Crippen molar-refractivity contribution < 1.29 is 18.7 Å². The number of piperidine rings is 1. The molecule has 2 saturated heterocycles. The fourth-order valence-electron chi connectivity index (χ4n) is 5.21. The topological polar surface area (TPSA) is 91.5 Å². The molecule has 0 unspecified atom stereocenters. The van der Waals surface area contributed by atoms with E-state index < -0.39 is 5.60 Å². The molecular weight excluding hydrogens is 485 g/mol. The van der Waals surface area contributed by atoms with Crippen LogP contribution in [-0.2, 0) is 4.74 Å². The maximum atomic E-state index is 13.7. The van der Waals surface area contributed by atoms with Crippen molar-refractivity contribution in [2.24, 2.45) is 5.41 Å². The Kier molecular flexibility index (Phi) is 6.43. The number of hydrogen-bond acceptors (Lipinski definition) is 5. The Morgan fingerprint density at radius 3 is 2.32 bits per heavy atom. The molecule has 9 heteroatoms. The van der Waals surface area contributed by atoms with Gasteiger partial charge in [-0.1, -0.05) is 0 Å². The van der Waals surface area contributed by atoms with E-state index in [9.17, 15) is 14.0 Å². The molecule has 3 aromatic rings. The minimum absolute atomic E-state index is 0.139. The number of halogens is 1. The van der Waals surface area contributed by atoms with Crippen LogP contribution >= 0.6 is 0 Å². The predicted molar refractivity (Wildman–Crippen MR) is 139 cm³/mol. The smallest absolute Gasteiger partial charge is 0.410 e. The highest BCUT2D eigenvalue weighted by Gasteiger charge is 2.49. The van der Waals surface area contributed by atoms with E-state index in [0.717, 1.165) is 12.8 Å². The molecule has 8 nitrogen and oxygen atoms in total. The molecule has 1 spiro atoms. The lowest BCUT2D eigenvalue weighted by Gasteiger charge is -2.54. The van der Waals surface area contributed by atoms with Crippen LogP contribution in [0.2, 0.25) is 0 Å². The number of aromatic nitrogens is 2. The Hall–Kier alpha value is -4.19. The lowest BCUT2D eigenvalue weighted by Crippen LogP contribution is -2.65. The van der Waals surface area contributed by atoms with E-state index in [1.165, 1.54) is 12.1 Å². The molecular formula is C29H30FN5O3. The lowest BCUT2D eigenvalue weighted by atomic mass is 9.73. The number of ether oxygens (including phenoxy) is 1. The van der Waals surface area contributed by atoms with E-state index in [1.807, 2.05) is 25.7 Å². The molecule has 2 aliphatic heterocycles. The summed E-state index contributed by atoms with van der Waals surface area (Å²) in [6.45, 7) is 7.82. The average molecular weight is 516 g/mol. The summed E-state index contributed by atoms with van der Waals surface area (Å²) < 4.78 is 20.8. The molecule has 5 rings (SSSR count). The number of nitriles is 1. The van der Waals surface area contributed by atoms with Crippen molar-refractivity contribution >= 4 is 12.0 Å². The summed E-state index contributed by atoms with van der Waals surface area (Å²) in [6.07, 6.45) is 1.46. The second-order valence-corrected chi connectivity index (χ2v) is 11.2. The molecule has 0 atom stereocenters. The Morgan fingerprint density at radius 1 is 1.03 bits per heavy atom. The second kappa shape index (κ2) is 9.60. The van der Waals surface area contributed by atoms with Gasteiger partial charge < -0.3 is 14.5 Å². The molecule has 2 aromatic carbocycles. The third kappa shape index (κ3) is 5.12. The van der Waals surface area contributed by atoms with E-state index in [-0.39, 0.29) is 28.9 Å². The zero-order chi connectivity index (χ0) is 27.1. The number of rotatable bonds is 3. The number of carbonyl (C=O) groups excluding carboxylic acids is 2. The second-order valence-electron chi connectivity index (χ2n) is 11.2. The highest BCUT2D eigenvalue weighted by Crippen LogP contribution is 2.40. The van der Waals surface area contributed by atoms with Gasteiger partial charge in [0.1, 0.15) is 11.4 Å². The molecule has 2 fully saturated rings. The minimum Gasteiger partial charge on any atom is -0.444 e. The molecule has 0 aliphatic carbocycles. The molecule has 38 heavy (non-hydrogen) atoms. The van der Waals surface area contributed by atoms with Crippen LogP contribution in [0.1, 0.15) is 49.7 Å². The van der Waals surface area contributed by atoms with E-state index in [4.69, 9.17) is 10.00 Å². The van der Waals surface area contributed by atoms with Crippen LogP contribution in [-0.4, -0.2) is 63.4 Å². The molecule has 0 N–H and O–H groups in total. The molecule has 196 valence electrons. The van der Waals surface area contributed by atoms with Crippen LogP contribution in [0.4, 0.5) is 9.18 Å². The van der Waals surface area contributed by atoms with E-state index in [0.29, 0.717) is 48.7 Å². The van der Waals surface area contributed by atoms with Crippen molar-refractivity contribution in [1.82, 2.24) is 19.6 Å². The Morgan fingerprint density at radius 2 is 1.68 bits per heavy atom. The maximum absolute atomic E-state index is 13.7. The normalized spacial score (nSPS) is 16.6. The third-order valence-electron chi connectivity index (χ3n) is 6.96. The summed E-state index contributed by atoms with van der Waals surface area (Å²) in [6, 6.07) is 16.8. The van der Waals surface area contributed by atoms with Gasteiger partial charge in [0.15, 0.2) is 5.69 Å². The fraction of sp³-hybridized carbons (Fsp3) is 0.379. The predicted octanol–water partition coefficient (Wildman–Crippen LogP) is 5.02. The molecule has 0 radical (unpaired) electrons. The first-order valence-electron chi connectivity index (χ1n) is 12.7. The maximum Gasteiger partial charge on any atom is 0.410 e. The van der Waals surface area contributed by atoms with E-state index in [1.54, 1.807) is 52.0 Å². The first-order valence-corrected chi connectivity index (χ1v) is 12.7. The molecule has 2 amide bonds. The van der Waals surface area contributed by atoms with Crippen LogP contribution < -0.4 is 0 Å². The Bertz CT molecular complexity index is 1390. The summed E-state index contributed by atoms with van der Waals surface area (Å²) in [5.74, 6) is -0.537. The van der Waals surface area contributed by atoms with Crippen molar-refractivity contribution in [1.29, 1.82) is 5.26 Å². The van der Waals surface area contributed by atoms with E-state index >= 15 is 0 Å². The molecule has 0 saturated carbocycles. The Balaban J connectivity index is 1.38. The zero-order valence-electron chi connectivity index (χ0n) is 21.8. The summed E-state index contributed by atoms with van der Waals surface area (Å²) in [5, 5.41) is 13.8. The Labute approximate surface area is 221 Å². The molecule has 3 heterocycles. The van der Waals surface area contributed by atoms with Gasteiger partial charge >= 0.3 is 6.09 Å². The SMILES string of the molecule is CC(C)(C)OC(=O)N1CC2(CCCN(C(=O)c3cc(-c4ccc(F)cc4)n(-c4ccc(C#N)cc4)n3)C2)C1. The summed E-state index contributed by atoms with van der Waals surface area (Å²) in [4.78, 5) is 29.6. The van der Waals surface area contributed by atoms with Gasteiger partial charge in [-0.05, 0) is 88.2 Å². The highest BCUT2D eigenvalue weighted by atomic mass is 19.1. The summed E-state index contributed by atoms with van der Waals surface area (Å²) >= 11 is 0. The van der Waals surface area contributed by atoms with Gasteiger partial charge in [0.25, 0.3) is 5.91 Å². The monoisotopic (exact) mass is 515 g/mol. The van der Waals surface area contributed by atoms with Gasteiger partial charge in [-0.3, -0.25) is 4.79 Å². The van der Waals surface area contributed by atoms with Crippen LogP contribution in [0.3, 0.4) is 0 Å². The van der Waals surface area contributed by atoms with Gasteiger partial charge in [-0.2, -0.15) is 10.4 Å². The van der Waals surface area contributed by atoms with Crippen molar-refractivity contribution in [3.8, 4) is 23.0 Å². The van der Waals surface area contributed by atoms with Crippen LogP contribution in [0.25, 0.3) is 16.9 Å². The van der Waals surface area contributed by atoms with Gasteiger partial charge in [-0.25, -0.2) is 13.9 Å². The number of benzene rings is 2. The third-order valence-corrected chi connectivity index (χ3v) is 6.96. The van der Waals surface area contributed by atoms with Crippen LogP contribution in [0.15, 0.2) is 54.6 Å². The minimum atomic E-state index is -0.551. The van der Waals surface area contributed by atoms with Crippen LogP contribution in [0.5, 0.6) is 0 Å².